The Morgan fingerprint density at radius 2 is 1.58 bits per heavy atom. The molecule has 2 heteroatoms. The smallest absolute Gasteiger partial charge is 0.0781 e. The minimum atomic E-state index is -1.28. The summed E-state index contributed by atoms with van der Waals surface area (Å²) in [5.41, 5.74) is -0.00347. The molecule has 0 aromatic heterocycles. The van der Waals surface area contributed by atoms with Crippen LogP contribution in [0.2, 0.25) is 19.6 Å². The van der Waals surface area contributed by atoms with E-state index >= 15 is 0 Å². The first-order valence-electron chi connectivity index (χ1n) is 5.02. The number of rotatable bonds is 5. The van der Waals surface area contributed by atoms with E-state index in [0.717, 1.165) is 12.3 Å². The lowest BCUT2D eigenvalue weighted by Gasteiger charge is -2.23. The van der Waals surface area contributed by atoms with Crippen LogP contribution in [-0.4, -0.2) is 18.9 Å². The van der Waals surface area contributed by atoms with E-state index in [4.69, 9.17) is 0 Å². The second-order valence-electron chi connectivity index (χ2n) is 5.21. The molecule has 0 heterocycles. The van der Waals surface area contributed by atoms with Gasteiger partial charge >= 0.3 is 0 Å². The number of aliphatic hydroxyl groups excluding tert-OH is 1. The van der Waals surface area contributed by atoms with Gasteiger partial charge in [0, 0.05) is 5.73 Å². The highest BCUT2D eigenvalue weighted by Crippen LogP contribution is 2.15. The van der Waals surface area contributed by atoms with Crippen LogP contribution in [0.5, 0.6) is 0 Å². The number of aliphatic hydroxyl groups is 1. The van der Waals surface area contributed by atoms with E-state index in [1.807, 2.05) is 0 Å². The van der Waals surface area contributed by atoms with Gasteiger partial charge in [0.1, 0.15) is 0 Å². The summed E-state index contributed by atoms with van der Waals surface area (Å²) in [5, 5.41) is 9.76. The molecule has 0 amide bonds. The summed E-state index contributed by atoms with van der Waals surface area (Å²) in [5.74, 6) is 0.777. The SMILES string of the molecule is CC(C)CCCC(O)[Si](C)(C)C. The molecule has 1 nitrogen and oxygen atoms in total. The number of hydrogen-bond donors (Lipinski definition) is 1. The summed E-state index contributed by atoms with van der Waals surface area (Å²) in [6.45, 7) is 11.2. The van der Waals surface area contributed by atoms with Crippen molar-refractivity contribution in [2.45, 2.75) is 58.5 Å². The van der Waals surface area contributed by atoms with Crippen molar-refractivity contribution in [3.8, 4) is 0 Å². The van der Waals surface area contributed by atoms with Gasteiger partial charge in [0.15, 0.2) is 0 Å². The van der Waals surface area contributed by atoms with Crippen molar-refractivity contribution in [1.29, 1.82) is 0 Å². The zero-order valence-electron chi connectivity index (χ0n) is 9.22. The van der Waals surface area contributed by atoms with E-state index in [1.165, 1.54) is 12.8 Å². The van der Waals surface area contributed by atoms with Gasteiger partial charge < -0.3 is 5.11 Å². The quantitative estimate of drug-likeness (QED) is 0.658. The highest BCUT2D eigenvalue weighted by Gasteiger charge is 2.23. The van der Waals surface area contributed by atoms with Gasteiger partial charge in [0.25, 0.3) is 0 Å². The van der Waals surface area contributed by atoms with Gasteiger partial charge in [-0.25, -0.2) is 0 Å². The second kappa shape index (κ2) is 5.03. The Morgan fingerprint density at radius 1 is 1.08 bits per heavy atom. The summed E-state index contributed by atoms with van der Waals surface area (Å²) in [4.78, 5) is 0. The zero-order valence-corrected chi connectivity index (χ0v) is 10.2. The van der Waals surface area contributed by atoms with Crippen LogP contribution in [0.1, 0.15) is 33.1 Å². The summed E-state index contributed by atoms with van der Waals surface area (Å²) < 4.78 is 0. The lowest BCUT2D eigenvalue weighted by atomic mass is 10.1. The lowest BCUT2D eigenvalue weighted by molar-refractivity contribution is 0.226. The lowest BCUT2D eigenvalue weighted by Crippen LogP contribution is -2.37. The topological polar surface area (TPSA) is 20.2 Å². The summed E-state index contributed by atoms with van der Waals surface area (Å²) >= 11 is 0. The molecule has 0 aliphatic rings. The minimum Gasteiger partial charge on any atom is -0.397 e. The van der Waals surface area contributed by atoms with Crippen LogP contribution in [-0.2, 0) is 0 Å². The molecule has 0 aromatic rings. The van der Waals surface area contributed by atoms with E-state index in [-0.39, 0.29) is 5.73 Å². The molecular formula is C10H24OSi. The maximum absolute atomic E-state index is 9.76. The van der Waals surface area contributed by atoms with Crippen molar-refractivity contribution in [2.24, 2.45) is 5.92 Å². The molecule has 1 atom stereocenters. The number of hydrogen-bond acceptors (Lipinski definition) is 1. The molecule has 1 N–H and O–H groups in total. The molecule has 0 bridgehead atoms. The van der Waals surface area contributed by atoms with Gasteiger partial charge in [0.2, 0.25) is 0 Å². The second-order valence-corrected chi connectivity index (χ2v) is 10.6. The highest BCUT2D eigenvalue weighted by atomic mass is 28.3. The predicted molar refractivity (Wildman–Crippen MR) is 58.0 cm³/mol. The first-order valence-corrected chi connectivity index (χ1v) is 8.60. The van der Waals surface area contributed by atoms with Crippen LogP contribution in [0.25, 0.3) is 0 Å². The molecule has 0 aliphatic heterocycles. The fraction of sp³-hybridized carbons (Fsp3) is 1.00. The van der Waals surface area contributed by atoms with Crippen molar-refractivity contribution in [2.75, 3.05) is 0 Å². The Hall–Kier alpha value is 0.177. The molecule has 0 radical (unpaired) electrons. The fourth-order valence-corrected chi connectivity index (χ4v) is 2.22. The van der Waals surface area contributed by atoms with Gasteiger partial charge in [-0.05, 0) is 12.3 Å². The molecule has 0 fully saturated rings. The molecule has 74 valence electrons. The Balaban J connectivity index is 3.51. The third kappa shape index (κ3) is 5.78. The standard InChI is InChI=1S/C10H24OSi/c1-9(2)7-6-8-10(11)12(3,4)5/h9-11H,6-8H2,1-5H3. The first-order chi connectivity index (χ1) is 5.34. The predicted octanol–water partition coefficient (Wildman–Crippen LogP) is 3.05. The summed E-state index contributed by atoms with van der Waals surface area (Å²) in [7, 11) is -1.28. The van der Waals surface area contributed by atoms with Gasteiger partial charge in [-0.15, -0.1) is 0 Å². The Morgan fingerprint density at radius 3 is 1.92 bits per heavy atom. The molecule has 1 unspecified atom stereocenters. The van der Waals surface area contributed by atoms with Crippen LogP contribution < -0.4 is 0 Å². The van der Waals surface area contributed by atoms with Crippen molar-refractivity contribution < 1.29 is 5.11 Å². The zero-order chi connectivity index (χ0) is 9.78. The highest BCUT2D eigenvalue weighted by molar-refractivity contribution is 6.77. The monoisotopic (exact) mass is 188 g/mol. The van der Waals surface area contributed by atoms with Gasteiger partial charge in [0.05, 0.1) is 8.07 Å². The molecule has 0 spiro atoms. The molecule has 0 aliphatic carbocycles. The van der Waals surface area contributed by atoms with Crippen molar-refractivity contribution >= 4 is 8.07 Å². The first kappa shape index (κ1) is 12.2. The van der Waals surface area contributed by atoms with E-state index < -0.39 is 8.07 Å². The van der Waals surface area contributed by atoms with Crippen molar-refractivity contribution in [1.82, 2.24) is 0 Å². The average Bonchev–Trinajstić information content (AvgIpc) is 1.84. The van der Waals surface area contributed by atoms with Crippen LogP contribution in [0, 0.1) is 5.92 Å². The summed E-state index contributed by atoms with van der Waals surface area (Å²) in [6.07, 6.45) is 3.44. The van der Waals surface area contributed by atoms with E-state index in [0.29, 0.717) is 0 Å². The molecule has 0 saturated carbocycles. The van der Waals surface area contributed by atoms with Gasteiger partial charge in [-0.3, -0.25) is 0 Å². The van der Waals surface area contributed by atoms with Crippen molar-refractivity contribution in [3.05, 3.63) is 0 Å². The molecule has 0 aromatic carbocycles. The largest absolute Gasteiger partial charge is 0.397 e. The van der Waals surface area contributed by atoms with Crippen LogP contribution >= 0.6 is 0 Å². The molecule has 12 heavy (non-hydrogen) atoms. The molecule has 0 saturated heterocycles. The molecular weight excluding hydrogens is 164 g/mol. The van der Waals surface area contributed by atoms with Gasteiger partial charge in [-0.2, -0.15) is 0 Å². The average molecular weight is 188 g/mol. The third-order valence-corrected chi connectivity index (χ3v) is 4.55. The minimum absolute atomic E-state index is 0.00347. The maximum atomic E-state index is 9.76. The van der Waals surface area contributed by atoms with Crippen LogP contribution in [0.4, 0.5) is 0 Å². The molecule has 0 rings (SSSR count). The Labute approximate surface area is 78.2 Å². The third-order valence-electron chi connectivity index (χ3n) is 2.26. The maximum Gasteiger partial charge on any atom is 0.0781 e. The van der Waals surface area contributed by atoms with E-state index in [9.17, 15) is 5.11 Å². The summed E-state index contributed by atoms with van der Waals surface area (Å²) in [6, 6.07) is 0. The van der Waals surface area contributed by atoms with Crippen LogP contribution in [0.15, 0.2) is 0 Å². The van der Waals surface area contributed by atoms with E-state index in [2.05, 4.69) is 33.5 Å². The van der Waals surface area contributed by atoms with Crippen LogP contribution in [0.3, 0.4) is 0 Å². The van der Waals surface area contributed by atoms with Gasteiger partial charge in [-0.1, -0.05) is 46.3 Å². The Bertz CT molecular complexity index is 115. The van der Waals surface area contributed by atoms with Crippen molar-refractivity contribution in [3.63, 3.8) is 0 Å². The normalized spacial score (nSPS) is 15.2. The fourth-order valence-electron chi connectivity index (χ4n) is 1.15. The Kier molecular flexibility index (Phi) is 5.10. The van der Waals surface area contributed by atoms with E-state index in [1.54, 1.807) is 0 Å².